The van der Waals surface area contributed by atoms with E-state index in [1.807, 2.05) is 6.07 Å². The second-order valence-corrected chi connectivity index (χ2v) is 5.12. The highest BCUT2D eigenvalue weighted by Crippen LogP contribution is 2.14. The van der Waals surface area contributed by atoms with Crippen molar-refractivity contribution in [3.63, 3.8) is 0 Å². The Labute approximate surface area is 138 Å². The molecule has 1 amide bonds. The SMILES string of the molecule is COc1cccc(C(=O)NNC(=S)Nc2cccc(Cl)c2)c1. The molecular formula is C15H14ClN3O2S. The third kappa shape index (κ3) is 4.61. The van der Waals surface area contributed by atoms with Gasteiger partial charge in [-0.3, -0.25) is 15.6 Å². The molecule has 0 aromatic heterocycles. The zero-order chi connectivity index (χ0) is 15.9. The van der Waals surface area contributed by atoms with Crippen molar-refractivity contribution in [3.8, 4) is 5.75 Å². The van der Waals surface area contributed by atoms with Gasteiger partial charge >= 0.3 is 0 Å². The third-order valence-corrected chi connectivity index (χ3v) is 3.14. The molecule has 0 radical (unpaired) electrons. The smallest absolute Gasteiger partial charge is 0.269 e. The van der Waals surface area contributed by atoms with E-state index in [0.717, 1.165) is 5.69 Å². The lowest BCUT2D eigenvalue weighted by Gasteiger charge is -2.12. The first-order chi connectivity index (χ1) is 10.6. The Kier molecular flexibility index (Phi) is 5.57. The van der Waals surface area contributed by atoms with E-state index in [1.165, 1.54) is 0 Å². The molecule has 0 fully saturated rings. The van der Waals surface area contributed by atoms with Gasteiger partial charge in [0.15, 0.2) is 5.11 Å². The highest BCUT2D eigenvalue weighted by Gasteiger charge is 2.07. The highest BCUT2D eigenvalue weighted by atomic mass is 35.5. The van der Waals surface area contributed by atoms with Crippen molar-refractivity contribution < 1.29 is 9.53 Å². The number of hydrogen-bond donors (Lipinski definition) is 3. The topological polar surface area (TPSA) is 62.4 Å². The van der Waals surface area contributed by atoms with Gasteiger partial charge < -0.3 is 10.1 Å². The molecule has 0 saturated heterocycles. The minimum absolute atomic E-state index is 0.249. The molecule has 0 aliphatic heterocycles. The number of anilines is 1. The second-order valence-electron chi connectivity index (χ2n) is 4.28. The molecule has 0 aliphatic carbocycles. The predicted octanol–water partition coefficient (Wildman–Crippen LogP) is 2.98. The van der Waals surface area contributed by atoms with Gasteiger partial charge in [0, 0.05) is 16.3 Å². The first kappa shape index (κ1) is 16.1. The number of hydrazine groups is 1. The average Bonchev–Trinajstić information content (AvgIpc) is 2.52. The summed E-state index contributed by atoms with van der Waals surface area (Å²) >= 11 is 11.0. The normalized spacial score (nSPS) is 9.73. The number of hydrogen-bond acceptors (Lipinski definition) is 3. The van der Waals surface area contributed by atoms with Crippen LogP contribution < -0.4 is 20.9 Å². The Morgan fingerprint density at radius 1 is 1.14 bits per heavy atom. The molecule has 22 heavy (non-hydrogen) atoms. The molecule has 3 N–H and O–H groups in total. The number of methoxy groups -OCH3 is 1. The van der Waals surface area contributed by atoms with Crippen LogP contribution in [0.5, 0.6) is 5.75 Å². The maximum atomic E-state index is 12.0. The summed E-state index contributed by atoms with van der Waals surface area (Å²) in [6, 6.07) is 13.9. The third-order valence-electron chi connectivity index (χ3n) is 2.70. The number of thiocarbonyl (C=S) groups is 1. The molecule has 0 heterocycles. The van der Waals surface area contributed by atoms with Crippen LogP contribution in [0, 0.1) is 0 Å². The molecular weight excluding hydrogens is 322 g/mol. The molecule has 7 heteroatoms. The van der Waals surface area contributed by atoms with Crippen molar-refractivity contribution in [3.05, 3.63) is 59.1 Å². The minimum Gasteiger partial charge on any atom is -0.497 e. The monoisotopic (exact) mass is 335 g/mol. The predicted molar refractivity (Wildman–Crippen MR) is 91.3 cm³/mol. The summed E-state index contributed by atoms with van der Waals surface area (Å²) in [5, 5.41) is 3.75. The Morgan fingerprint density at radius 3 is 2.64 bits per heavy atom. The number of carbonyl (C=O) groups excluding carboxylic acids is 1. The van der Waals surface area contributed by atoms with Crippen molar-refractivity contribution in [2.24, 2.45) is 0 Å². The van der Waals surface area contributed by atoms with E-state index in [4.69, 9.17) is 28.6 Å². The van der Waals surface area contributed by atoms with Crippen LogP contribution in [0.2, 0.25) is 5.02 Å². The van der Waals surface area contributed by atoms with Gasteiger partial charge in [0.2, 0.25) is 0 Å². The molecule has 0 spiro atoms. The molecule has 0 saturated carbocycles. The average molecular weight is 336 g/mol. The Morgan fingerprint density at radius 2 is 1.91 bits per heavy atom. The lowest BCUT2D eigenvalue weighted by Crippen LogP contribution is -2.43. The zero-order valence-electron chi connectivity index (χ0n) is 11.7. The molecule has 2 aromatic rings. The van der Waals surface area contributed by atoms with E-state index in [1.54, 1.807) is 49.6 Å². The number of amides is 1. The standard InChI is InChI=1S/C15H14ClN3O2S/c1-21-13-7-2-4-10(8-13)14(20)18-19-15(22)17-12-6-3-5-11(16)9-12/h2-9H,1H3,(H,18,20)(H2,17,19,22). The maximum Gasteiger partial charge on any atom is 0.269 e. The summed E-state index contributed by atoms with van der Waals surface area (Å²) in [6.07, 6.45) is 0. The fourth-order valence-electron chi connectivity index (χ4n) is 1.68. The van der Waals surface area contributed by atoms with E-state index in [-0.39, 0.29) is 11.0 Å². The van der Waals surface area contributed by atoms with Gasteiger partial charge in [0.05, 0.1) is 7.11 Å². The Bertz CT molecular complexity index is 694. The lowest BCUT2D eigenvalue weighted by molar-refractivity contribution is 0.0944. The fraction of sp³-hybridized carbons (Fsp3) is 0.0667. The molecule has 5 nitrogen and oxygen atoms in total. The van der Waals surface area contributed by atoms with Crippen molar-refractivity contribution >= 4 is 40.5 Å². The minimum atomic E-state index is -0.325. The molecule has 0 atom stereocenters. The van der Waals surface area contributed by atoms with Crippen LogP contribution in [0.15, 0.2) is 48.5 Å². The van der Waals surface area contributed by atoms with Crippen LogP contribution in [0.4, 0.5) is 5.69 Å². The number of halogens is 1. The summed E-state index contributed by atoms with van der Waals surface area (Å²) in [6.45, 7) is 0. The Balaban J connectivity index is 1.89. The fourth-order valence-corrected chi connectivity index (χ4v) is 2.04. The number of nitrogens with one attached hydrogen (secondary N) is 3. The molecule has 2 aromatic carbocycles. The second kappa shape index (κ2) is 7.63. The Hall–Kier alpha value is -2.31. The quantitative estimate of drug-likeness (QED) is 0.594. The first-order valence-corrected chi connectivity index (χ1v) is 7.14. The molecule has 0 aliphatic rings. The summed E-state index contributed by atoms with van der Waals surface area (Å²) in [4.78, 5) is 12.0. The summed E-state index contributed by atoms with van der Waals surface area (Å²) in [7, 11) is 1.54. The van der Waals surface area contributed by atoms with Gasteiger partial charge in [-0.2, -0.15) is 0 Å². The molecule has 2 rings (SSSR count). The van der Waals surface area contributed by atoms with Crippen molar-refractivity contribution in [2.75, 3.05) is 12.4 Å². The molecule has 0 unspecified atom stereocenters. The van der Waals surface area contributed by atoms with Crippen LogP contribution >= 0.6 is 23.8 Å². The maximum absolute atomic E-state index is 12.0. The van der Waals surface area contributed by atoms with Gasteiger partial charge in [-0.05, 0) is 48.6 Å². The van der Waals surface area contributed by atoms with Gasteiger partial charge in [-0.15, -0.1) is 0 Å². The van der Waals surface area contributed by atoms with Crippen molar-refractivity contribution in [1.82, 2.24) is 10.9 Å². The van der Waals surface area contributed by atoms with Crippen LogP contribution in [0.25, 0.3) is 0 Å². The number of carbonyl (C=O) groups is 1. The van der Waals surface area contributed by atoms with Gasteiger partial charge in [-0.1, -0.05) is 23.7 Å². The summed E-state index contributed by atoms with van der Waals surface area (Å²) in [5.41, 5.74) is 6.31. The van der Waals surface area contributed by atoms with Gasteiger partial charge in [-0.25, -0.2) is 0 Å². The number of benzene rings is 2. The number of ether oxygens (including phenoxy) is 1. The van der Waals surface area contributed by atoms with Crippen LogP contribution in [0.1, 0.15) is 10.4 Å². The summed E-state index contributed by atoms with van der Waals surface area (Å²) < 4.78 is 5.07. The highest BCUT2D eigenvalue weighted by molar-refractivity contribution is 7.80. The van der Waals surface area contributed by atoms with Crippen molar-refractivity contribution in [1.29, 1.82) is 0 Å². The summed E-state index contributed by atoms with van der Waals surface area (Å²) in [5.74, 6) is 0.279. The van der Waals surface area contributed by atoms with Crippen LogP contribution in [0.3, 0.4) is 0 Å². The zero-order valence-corrected chi connectivity index (χ0v) is 13.3. The molecule has 114 valence electrons. The number of rotatable bonds is 3. The van der Waals surface area contributed by atoms with Crippen LogP contribution in [-0.4, -0.2) is 18.1 Å². The van der Waals surface area contributed by atoms with E-state index >= 15 is 0 Å². The van der Waals surface area contributed by atoms with E-state index in [2.05, 4.69) is 16.2 Å². The van der Waals surface area contributed by atoms with E-state index in [0.29, 0.717) is 16.3 Å². The van der Waals surface area contributed by atoms with E-state index < -0.39 is 0 Å². The lowest BCUT2D eigenvalue weighted by atomic mass is 10.2. The van der Waals surface area contributed by atoms with E-state index in [9.17, 15) is 4.79 Å². The van der Waals surface area contributed by atoms with Crippen LogP contribution in [-0.2, 0) is 0 Å². The largest absolute Gasteiger partial charge is 0.497 e. The van der Waals surface area contributed by atoms with Crippen molar-refractivity contribution in [2.45, 2.75) is 0 Å². The molecule has 0 bridgehead atoms. The van der Waals surface area contributed by atoms with Gasteiger partial charge in [0.1, 0.15) is 5.75 Å². The first-order valence-electron chi connectivity index (χ1n) is 6.35. The van der Waals surface area contributed by atoms with Gasteiger partial charge in [0.25, 0.3) is 5.91 Å².